The van der Waals surface area contributed by atoms with Gasteiger partial charge in [0, 0.05) is 11.8 Å². The van der Waals surface area contributed by atoms with Crippen molar-refractivity contribution in [1.29, 1.82) is 0 Å². The molecular weight excluding hydrogens is 379 g/mol. The van der Waals surface area contributed by atoms with E-state index in [-0.39, 0.29) is 0 Å². The van der Waals surface area contributed by atoms with Gasteiger partial charge in [-0.2, -0.15) is 13.2 Å². The maximum absolute atomic E-state index is 12.3. The van der Waals surface area contributed by atoms with Crippen LogP contribution in [0.3, 0.4) is 0 Å². The molecular formula is C17H16F3N5OS. The summed E-state index contributed by atoms with van der Waals surface area (Å²) in [6.07, 6.45) is -2.95. The molecule has 0 aliphatic rings. The second kappa shape index (κ2) is 7.10. The molecule has 1 amide bonds. The highest BCUT2D eigenvalue weighted by atomic mass is 32.1. The Hall–Kier alpha value is -2.75. The molecule has 0 saturated carbocycles. The largest absolute Gasteiger partial charge is 0.405 e. The molecule has 0 bridgehead atoms. The normalized spacial score (nSPS) is 12.2. The number of aromatic nitrogens is 3. The van der Waals surface area contributed by atoms with Crippen LogP contribution in [0.5, 0.6) is 0 Å². The molecule has 10 heteroatoms. The SMILES string of the molecule is CC(C)(Nc1ccnc(-c2ccc3ncsc3c2)n1)C(=O)NCC(F)(F)F. The van der Waals surface area contributed by atoms with Gasteiger partial charge in [0.15, 0.2) is 5.82 Å². The zero-order chi connectivity index (χ0) is 19.7. The van der Waals surface area contributed by atoms with Crippen LogP contribution in [0.15, 0.2) is 36.0 Å². The number of nitrogens with one attached hydrogen (secondary N) is 2. The Bertz CT molecular complexity index is 970. The monoisotopic (exact) mass is 395 g/mol. The fraction of sp³-hybridized carbons (Fsp3) is 0.294. The van der Waals surface area contributed by atoms with Gasteiger partial charge in [0.1, 0.15) is 17.9 Å². The van der Waals surface area contributed by atoms with Gasteiger partial charge in [-0.3, -0.25) is 4.79 Å². The minimum Gasteiger partial charge on any atom is -0.356 e. The van der Waals surface area contributed by atoms with E-state index < -0.39 is 24.2 Å². The van der Waals surface area contributed by atoms with E-state index in [0.717, 1.165) is 15.8 Å². The van der Waals surface area contributed by atoms with Gasteiger partial charge in [0.05, 0.1) is 15.7 Å². The lowest BCUT2D eigenvalue weighted by atomic mass is 10.0. The maximum Gasteiger partial charge on any atom is 0.405 e. The highest BCUT2D eigenvalue weighted by Crippen LogP contribution is 2.25. The van der Waals surface area contributed by atoms with Crippen LogP contribution in [0.2, 0.25) is 0 Å². The molecule has 0 fully saturated rings. The van der Waals surface area contributed by atoms with E-state index in [1.165, 1.54) is 31.4 Å². The number of nitrogens with zero attached hydrogens (tertiary/aromatic N) is 3. The summed E-state index contributed by atoms with van der Waals surface area (Å²) in [4.78, 5) is 24.9. The standard InChI is InChI=1S/C17H16F3N5OS/c1-16(2,15(26)22-8-17(18,19)20)25-13-5-6-21-14(24-13)10-3-4-11-12(7-10)27-9-23-11/h3-7,9H,8H2,1-2H3,(H,22,26)(H,21,24,25). The van der Waals surface area contributed by atoms with E-state index in [0.29, 0.717) is 11.6 Å². The minimum atomic E-state index is -4.47. The predicted molar refractivity (Wildman–Crippen MR) is 97.4 cm³/mol. The average molecular weight is 395 g/mol. The van der Waals surface area contributed by atoms with Gasteiger partial charge in [-0.15, -0.1) is 11.3 Å². The Balaban J connectivity index is 1.77. The summed E-state index contributed by atoms with van der Waals surface area (Å²) in [5.41, 5.74) is 2.10. The Kier molecular flexibility index (Phi) is 5.01. The summed E-state index contributed by atoms with van der Waals surface area (Å²) < 4.78 is 37.9. The van der Waals surface area contributed by atoms with Crippen LogP contribution in [0.4, 0.5) is 19.0 Å². The number of hydrogen-bond acceptors (Lipinski definition) is 6. The van der Waals surface area contributed by atoms with Gasteiger partial charge in [-0.05, 0) is 38.1 Å². The minimum absolute atomic E-state index is 0.330. The molecule has 3 aromatic rings. The first kappa shape index (κ1) is 19.0. The van der Waals surface area contributed by atoms with Gasteiger partial charge in [-0.1, -0.05) is 0 Å². The molecule has 0 aliphatic carbocycles. The lowest BCUT2D eigenvalue weighted by molar-refractivity contribution is -0.140. The zero-order valence-corrected chi connectivity index (χ0v) is 15.3. The second-order valence-corrected chi connectivity index (χ2v) is 7.23. The molecule has 6 nitrogen and oxygen atoms in total. The van der Waals surface area contributed by atoms with Crippen LogP contribution in [0.1, 0.15) is 13.8 Å². The number of rotatable bonds is 5. The molecule has 0 saturated heterocycles. The molecule has 0 atom stereocenters. The van der Waals surface area contributed by atoms with E-state index >= 15 is 0 Å². The average Bonchev–Trinajstić information content (AvgIpc) is 3.06. The molecule has 142 valence electrons. The van der Waals surface area contributed by atoms with Crippen molar-refractivity contribution >= 4 is 33.3 Å². The highest BCUT2D eigenvalue weighted by molar-refractivity contribution is 7.16. The molecule has 2 aromatic heterocycles. The number of amides is 1. The van der Waals surface area contributed by atoms with Crippen molar-refractivity contribution in [2.24, 2.45) is 0 Å². The second-order valence-electron chi connectivity index (χ2n) is 6.35. The third-order valence-electron chi connectivity index (χ3n) is 3.70. The van der Waals surface area contributed by atoms with E-state index in [1.807, 2.05) is 23.5 Å². The number of anilines is 1. The summed E-state index contributed by atoms with van der Waals surface area (Å²) in [6, 6.07) is 7.16. The Morgan fingerprint density at radius 3 is 2.70 bits per heavy atom. The van der Waals surface area contributed by atoms with Crippen LogP contribution >= 0.6 is 11.3 Å². The van der Waals surface area contributed by atoms with Crippen molar-refractivity contribution in [2.75, 3.05) is 11.9 Å². The molecule has 3 rings (SSSR count). The first-order valence-electron chi connectivity index (χ1n) is 7.94. The number of hydrogen-bond donors (Lipinski definition) is 2. The van der Waals surface area contributed by atoms with Crippen LogP contribution in [0.25, 0.3) is 21.6 Å². The molecule has 27 heavy (non-hydrogen) atoms. The number of halogens is 3. The summed E-state index contributed by atoms with van der Waals surface area (Å²) >= 11 is 1.49. The van der Waals surface area contributed by atoms with Crippen molar-refractivity contribution in [3.63, 3.8) is 0 Å². The smallest absolute Gasteiger partial charge is 0.356 e. The van der Waals surface area contributed by atoms with E-state index in [2.05, 4.69) is 20.3 Å². The number of benzene rings is 1. The van der Waals surface area contributed by atoms with E-state index in [9.17, 15) is 18.0 Å². The van der Waals surface area contributed by atoms with Crippen LogP contribution < -0.4 is 10.6 Å². The van der Waals surface area contributed by atoms with Gasteiger partial charge in [0.25, 0.3) is 0 Å². The molecule has 1 aromatic carbocycles. The third-order valence-corrected chi connectivity index (χ3v) is 4.49. The van der Waals surface area contributed by atoms with Crippen LogP contribution in [0, 0.1) is 0 Å². The molecule has 0 unspecified atom stereocenters. The fourth-order valence-electron chi connectivity index (χ4n) is 2.34. The zero-order valence-electron chi connectivity index (χ0n) is 14.5. The number of carbonyl (C=O) groups is 1. The molecule has 0 radical (unpaired) electrons. The van der Waals surface area contributed by atoms with E-state index in [1.54, 1.807) is 11.6 Å². The first-order valence-corrected chi connectivity index (χ1v) is 8.82. The molecule has 0 aliphatic heterocycles. The topological polar surface area (TPSA) is 79.8 Å². The molecule has 2 heterocycles. The molecule has 2 N–H and O–H groups in total. The fourth-order valence-corrected chi connectivity index (χ4v) is 3.06. The highest BCUT2D eigenvalue weighted by Gasteiger charge is 2.33. The van der Waals surface area contributed by atoms with Crippen molar-refractivity contribution in [3.8, 4) is 11.4 Å². The summed E-state index contributed by atoms with van der Waals surface area (Å²) in [7, 11) is 0. The van der Waals surface area contributed by atoms with Crippen molar-refractivity contribution in [3.05, 3.63) is 36.0 Å². The third kappa shape index (κ3) is 4.70. The van der Waals surface area contributed by atoms with E-state index in [4.69, 9.17) is 0 Å². The summed E-state index contributed by atoms with van der Waals surface area (Å²) in [5, 5.41) is 4.73. The summed E-state index contributed by atoms with van der Waals surface area (Å²) in [5.74, 6) is -0.0237. The van der Waals surface area contributed by atoms with Gasteiger partial charge in [-0.25, -0.2) is 15.0 Å². The lowest BCUT2D eigenvalue weighted by Crippen LogP contribution is -2.50. The lowest BCUT2D eigenvalue weighted by Gasteiger charge is -2.26. The Morgan fingerprint density at radius 2 is 1.96 bits per heavy atom. The van der Waals surface area contributed by atoms with Gasteiger partial charge >= 0.3 is 6.18 Å². The first-order chi connectivity index (χ1) is 12.6. The maximum atomic E-state index is 12.3. The Labute approximate surface area is 156 Å². The number of carbonyl (C=O) groups excluding carboxylic acids is 1. The van der Waals surface area contributed by atoms with Gasteiger partial charge < -0.3 is 10.6 Å². The van der Waals surface area contributed by atoms with Crippen molar-refractivity contribution < 1.29 is 18.0 Å². The quantitative estimate of drug-likeness (QED) is 0.690. The van der Waals surface area contributed by atoms with Crippen molar-refractivity contribution in [1.82, 2.24) is 20.3 Å². The summed E-state index contributed by atoms with van der Waals surface area (Å²) in [6.45, 7) is 1.56. The molecule has 0 spiro atoms. The van der Waals surface area contributed by atoms with Crippen LogP contribution in [-0.4, -0.2) is 39.1 Å². The van der Waals surface area contributed by atoms with Crippen LogP contribution in [-0.2, 0) is 4.79 Å². The van der Waals surface area contributed by atoms with Gasteiger partial charge in [0.2, 0.25) is 5.91 Å². The number of fused-ring (bicyclic) bond motifs is 1. The number of alkyl halides is 3. The number of thiazole rings is 1. The predicted octanol–water partition coefficient (Wildman–Crippen LogP) is 3.62. The van der Waals surface area contributed by atoms with Crippen molar-refractivity contribution in [2.45, 2.75) is 25.6 Å². The Morgan fingerprint density at radius 1 is 1.19 bits per heavy atom.